The number of hydrogen-bond acceptors (Lipinski definition) is 6. The van der Waals surface area contributed by atoms with Crippen molar-refractivity contribution in [2.24, 2.45) is 0 Å². The number of carboxylic acids is 1. The third-order valence-corrected chi connectivity index (χ3v) is 3.10. The molecule has 0 saturated heterocycles. The maximum atomic E-state index is 11.0. The summed E-state index contributed by atoms with van der Waals surface area (Å²) in [5.41, 5.74) is 6.70. The van der Waals surface area contributed by atoms with Crippen LogP contribution in [-0.4, -0.2) is 26.0 Å². The molecular formula is C11H10N4O2S. The fourth-order valence-electron chi connectivity index (χ4n) is 1.27. The number of anilines is 1. The largest absolute Gasteiger partial charge is 0.478 e. The number of thioether (sulfide) groups is 1. The lowest BCUT2D eigenvalue weighted by molar-refractivity contribution is 0.0695. The van der Waals surface area contributed by atoms with Gasteiger partial charge < -0.3 is 10.8 Å². The number of pyridine rings is 1. The molecule has 0 aliphatic carbocycles. The van der Waals surface area contributed by atoms with Crippen LogP contribution in [0.2, 0.25) is 0 Å². The van der Waals surface area contributed by atoms with Crippen molar-refractivity contribution in [2.75, 3.05) is 5.73 Å². The zero-order valence-corrected chi connectivity index (χ0v) is 10.1. The van der Waals surface area contributed by atoms with Crippen molar-refractivity contribution >= 4 is 23.4 Å². The van der Waals surface area contributed by atoms with Gasteiger partial charge in [0.05, 0.1) is 22.6 Å². The molecular weight excluding hydrogens is 252 g/mol. The summed E-state index contributed by atoms with van der Waals surface area (Å²) in [6, 6.07) is 3.52. The monoisotopic (exact) mass is 262 g/mol. The molecule has 7 heteroatoms. The number of nitrogens with zero attached hydrogens (tertiary/aromatic N) is 3. The second-order valence-corrected chi connectivity index (χ2v) is 4.40. The van der Waals surface area contributed by atoms with Gasteiger partial charge in [-0.25, -0.2) is 19.7 Å². The molecule has 0 radical (unpaired) electrons. The van der Waals surface area contributed by atoms with E-state index in [0.717, 1.165) is 5.03 Å². The maximum absolute atomic E-state index is 11.0. The van der Waals surface area contributed by atoms with Crippen LogP contribution in [-0.2, 0) is 5.75 Å². The second-order valence-electron chi connectivity index (χ2n) is 3.41. The van der Waals surface area contributed by atoms with Crippen LogP contribution < -0.4 is 5.73 Å². The zero-order chi connectivity index (χ0) is 13.0. The molecule has 0 aliphatic heterocycles. The first kappa shape index (κ1) is 12.3. The third kappa shape index (κ3) is 2.95. The van der Waals surface area contributed by atoms with E-state index in [1.807, 2.05) is 0 Å². The van der Waals surface area contributed by atoms with Crippen molar-refractivity contribution < 1.29 is 9.90 Å². The highest BCUT2D eigenvalue weighted by Gasteiger charge is 2.11. The van der Waals surface area contributed by atoms with Gasteiger partial charge in [-0.15, -0.1) is 11.8 Å². The Labute approximate surface area is 107 Å². The SMILES string of the molecule is Nc1ccc(SCc2ncncc2C(=O)O)nc1. The van der Waals surface area contributed by atoms with Crippen LogP contribution in [0.15, 0.2) is 35.9 Å². The molecule has 0 atom stereocenters. The average Bonchev–Trinajstić information content (AvgIpc) is 2.38. The summed E-state index contributed by atoms with van der Waals surface area (Å²) in [5.74, 6) is -0.613. The van der Waals surface area contributed by atoms with Crippen LogP contribution in [0, 0.1) is 0 Å². The molecule has 6 nitrogen and oxygen atoms in total. The van der Waals surface area contributed by atoms with Crippen molar-refractivity contribution in [3.8, 4) is 0 Å². The molecule has 92 valence electrons. The Morgan fingerprint density at radius 1 is 1.33 bits per heavy atom. The Kier molecular flexibility index (Phi) is 3.73. The summed E-state index contributed by atoms with van der Waals surface area (Å²) in [6.45, 7) is 0. The van der Waals surface area contributed by atoms with Crippen molar-refractivity contribution in [1.29, 1.82) is 0 Å². The fraction of sp³-hybridized carbons (Fsp3) is 0.0909. The van der Waals surface area contributed by atoms with E-state index >= 15 is 0 Å². The third-order valence-electron chi connectivity index (χ3n) is 2.14. The van der Waals surface area contributed by atoms with Crippen LogP contribution in [0.3, 0.4) is 0 Å². The Morgan fingerprint density at radius 2 is 2.17 bits per heavy atom. The number of aromatic nitrogens is 3. The lowest BCUT2D eigenvalue weighted by Gasteiger charge is -2.03. The molecule has 0 aromatic carbocycles. The minimum absolute atomic E-state index is 0.112. The van der Waals surface area contributed by atoms with Gasteiger partial charge in [0, 0.05) is 11.9 Å². The van der Waals surface area contributed by atoms with E-state index in [9.17, 15) is 4.79 Å². The topological polar surface area (TPSA) is 102 Å². The van der Waals surface area contributed by atoms with E-state index in [1.165, 1.54) is 24.3 Å². The summed E-state index contributed by atoms with van der Waals surface area (Å²) in [5, 5.41) is 9.74. The predicted octanol–water partition coefficient (Wildman–Crippen LogP) is 1.44. The van der Waals surface area contributed by atoms with Gasteiger partial charge in [-0.2, -0.15) is 0 Å². The van der Waals surface area contributed by atoms with Gasteiger partial charge in [-0.1, -0.05) is 0 Å². The zero-order valence-electron chi connectivity index (χ0n) is 9.28. The first-order valence-corrected chi connectivity index (χ1v) is 6.02. The first-order valence-electron chi connectivity index (χ1n) is 5.03. The lowest BCUT2D eigenvalue weighted by atomic mass is 10.2. The van der Waals surface area contributed by atoms with Crippen molar-refractivity contribution in [1.82, 2.24) is 15.0 Å². The second kappa shape index (κ2) is 5.46. The van der Waals surface area contributed by atoms with Gasteiger partial charge in [-0.05, 0) is 12.1 Å². The van der Waals surface area contributed by atoms with E-state index in [-0.39, 0.29) is 5.56 Å². The van der Waals surface area contributed by atoms with Crippen molar-refractivity contribution in [3.05, 3.63) is 42.1 Å². The number of nitrogen functional groups attached to an aromatic ring is 1. The molecule has 2 aromatic rings. The van der Waals surface area contributed by atoms with E-state index in [0.29, 0.717) is 17.1 Å². The van der Waals surface area contributed by atoms with E-state index in [1.54, 1.807) is 18.3 Å². The van der Waals surface area contributed by atoms with Gasteiger partial charge in [0.25, 0.3) is 0 Å². The highest BCUT2D eigenvalue weighted by molar-refractivity contribution is 7.98. The molecule has 0 spiro atoms. The highest BCUT2D eigenvalue weighted by Crippen LogP contribution is 2.21. The number of nitrogens with two attached hydrogens (primary N) is 1. The van der Waals surface area contributed by atoms with Crippen LogP contribution in [0.1, 0.15) is 16.1 Å². The molecule has 0 amide bonds. The van der Waals surface area contributed by atoms with Gasteiger partial charge in [0.15, 0.2) is 0 Å². The normalized spacial score (nSPS) is 10.2. The molecule has 0 saturated carbocycles. The van der Waals surface area contributed by atoms with E-state index in [4.69, 9.17) is 10.8 Å². The van der Waals surface area contributed by atoms with E-state index < -0.39 is 5.97 Å². The van der Waals surface area contributed by atoms with Gasteiger partial charge in [-0.3, -0.25) is 0 Å². The Morgan fingerprint density at radius 3 is 2.83 bits per heavy atom. The van der Waals surface area contributed by atoms with Crippen LogP contribution in [0.25, 0.3) is 0 Å². The molecule has 0 unspecified atom stereocenters. The van der Waals surface area contributed by atoms with Gasteiger partial charge in [0.1, 0.15) is 11.9 Å². The van der Waals surface area contributed by atoms with Gasteiger partial charge in [0.2, 0.25) is 0 Å². The molecule has 2 rings (SSSR count). The number of aromatic carboxylic acids is 1. The quantitative estimate of drug-likeness (QED) is 0.804. The van der Waals surface area contributed by atoms with Gasteiger partial charge >= 0.3 is 5.97 Å². The van der Waals surface area contributed by atoms with Crippen molar-refractivity contribution in [2.45, 2.75) is 10.8 Å². The summed E-state index contributed by atoms with van der Waals surface area (Å²) in [4.78, 5) is 22.7. The molecule has 18 heavy (non-hydrogen) atoms. The smallest absolute Gasteiger partial charge is 0.339 e. The fourth-order valence-corrected chi connectivity index (χ4v) is 2.07. The summed E-state index contributed by atoms with van der Waals surface area (Å²) in [6.07, 6.45) is 4.18. The molecule has 2 heterocycles. The Balaban J connectivity index is 2.10. The molecule has 0 aliphatic rings. The number of rotatable bonds is 4. The predicted molar refractivity (Wildman–Crippen MR) is 67.2 cm³/mol. The van der Waals surface area contributed by atoms with Crippen LogP contribution in [0.4, 0.5) is 5.69 Å². The molecule has 2 aromatic heterocycles. The van der Waals surface area contributed by atoms with Crippen LogP contribution >= 0.6 is 11.8 Å². The summed E-state index contributed by atoms with van der Waals surface area (Å²) >= 11 is 1.39. The lowest BCUT2D eigenvalue weighted by Crippen LogP contribution is -2.04. The first-order chi connectivity index (χ1) is 8.66. The number of carboxylic acid groups (broad SMARTS) is 1. The summed E-state index contributed by atoms with van der Waals surface area (Å²) < 4.78 is 0. The summed E-state index contributed by atoms with van der Waals surface area (Å²) in [7, 11) is 0. The number of carbonyl (C=O) groups is 1. The molecule has 3 N–H and O–H groups in total. The Bertz CT molecular complexity index is 559. The molecule has 0 bridgehead atoms. The van der Waals surface area contributed by atoms with Crippen molar-refractivity contribution in [3.63, 3.8) is 0 Å². The van der Waals surface area contributed by atoms with Crippen LogP contribution in [0.5, 0.6) is 0 Å². The molecule has 0 fully saturated rings. The highest BCUT2D eigenvalue weighted by atomic mass is 32.2. The minimum Gasteiger partial charge on any atom is -0.478 e. The van der Waals surface area contributed by atoms with E-state index in [2.05, 4.69) is 15.0 Å². The standard InChI is InChI=1S/C11H10N4O2S/c12-7-1-2-10(14-3-7)18-5-9-8(11(16)17)4-13-6-15-9/h1-4,6H,5,12H2,(H,16,17). The number of hydrogen-bond donors (Lipinski definition) is 2. The maximum Gasteiger partial charge on any atom is 0.339 e. The average molecular weight is 262 g/mol. The Hall–Kier alpha value is -2.15. The minimum atomic E-state index is -1.03.